The topological polar surface area (TPSA) is 92.7 Å². The van der Waals surface area contributed by atoms with E-state index in [1.165, 1.54) is 12.1 Å². The highest BCUT2D eigenvalue weighted by molar-refractivity contribution is 7.89. The fraction of sp³-hybridized carbons (Fsp3) is 0.562. The summed E-state index contributed by atoms with van der Waals surface area (Å²) in [5.41, 5.74) is 0. The maximum atomic E-state index is 12.2. The highest BCUT2D eigenvalue weighted by Crippen LogP contribution is 2.28. The third kappa shape index (κ3) is 6.05. The maximum Gasteiger partial charge on any atom is 0.329 e. The normalized spacial score (nSPS) is 21.5. The lowest BCUT2D eigenvalue weighted by atomic mass is 9.85. The zero-order valence-corrected chi connectivity index (χ0v) is 14.9. The van der Waals surface area contributed by atoms with Gasteiger partial charge in [-0.3, -0.25) is 0 Å². The first-order valence-corrected chi connectivity index (χ1v) is 9.81. The Balaban J connectivity index is 1.71. The van der Waals surface area contributed by atoms with E-state index in [4.69, 9.17) is 21.4 Å². The minimum atomic E-state index is -3.51. The summed E-state index contributed by atoms with van der Waals surface area (Å²) in [6.45, 7) is 0.131. The van der Waals surface area contributed by atoms with Crippen molar-refractivity contribution in [2.24, 2.45) is 5.92 Å². The van der Waals surface area contributed by atoms with Crippen molar-refractivity contribution in [2.75, 3.05) is 13.2 Å². The second kappa shape index (κ2) is 8.80. The number of nitrogens with one attached hydrogen (secondary N) is 1. The Hall–Kier alpha value is -1.15. The van der Waals surface area contributed by atoms with Crippen LogP contribution in [0, 0.1) is 5.92 Å². The van der Waals surface area contributed by atoms with Crippen LogP contribution in [0.15, 0.2) is 29.2 Å². The van der Waals surface area contributed by atoms with E-state index in [9.17, 15) is 13.2 Å². The molecule has 0 aliphatic heterocycles. The molecule has 1 aliphatic rings. The van der Waals surface area contributed by atoms with Crippen LogP contribution in [-0.4, -0.2) is 38.7 Å². The van der Waals surface area contributed by atoms with Gasteiger partial charge in [0.25, 0.3) is 0 Å². The lowest BCUT2D eigenvalue weighted by molar-refractivity contribution is -0.145. The fourth-order valence-electron chi connectivity index (χ4n) is 2.87. The lowest BCUT2D eigenvalue weighted by Crippen LogP contribution is -2.29. The van der Waals surface area contributed by atoms with Crippen molar-refractivity contribution in [3.8, 4) is 0 Å². The molecule has 1 aromatic carbocycles. The van der Waals surface area contributed by atoms with Gasteiger partial charge in [-0.1, -0.05) is 11.6 Å². The molecule has 2 N–H and O–H groups in total. The van der Waals surface area contributed by atoms with E-state index in [2.05, 4.69) is 4.72 Å². The summed E-state index contributed by atoms with van der Waals surface area (Å²) in [7, 11) is -3.51. The minimum absolute atomic E-state index is 0.00288. The average molecular weight is 376 g/mol. The Bertz CT molecular complexity index is 639. The van der Waals surface area contributed by atoms with Gasteiger partial charge in [-0.25, -0.2) is 17.9 Å². The second-order valence-corrected chi connectivity index (χ2v) is 8.19. The number of carboxylic acid groups (broad SMARTS) is 1. The molecule has 0 spiro atoms. The highest BCUT2D eigenvalue weighted by atomic mass is 35.5. The predicted octanol–water partition coefficient (Wildman–Crippen LogP) is 2.67. The van der Waals surface area contributed by atoms with Gasteiger partial charge in [0.1, 0.15) is 6.61 Å². The summed E-state index contributed by atoms with van der Waals surface area (Å²) in [6.07, 6.45) is 4.26. The standard InChI is InChI=1S/C16H22ClNO5S/c17-13-3-7-15(8-4-13)24(21,22)18-10-9-12-1-5-14(6-2-12)23-11-16(19)20/h3-4,7-8,12,14,18H,1-2,5-6,9-11H2,(H,19,20)/t12-,14-. The van der Waals surface area contributed by atoms with E-state index in [1.54, 1.807) is 12.1 Å². The summed E-state index contributed by atoms with van der Waals surface area (Å²) >= 11 is 5.76. The van der Waals surface area contributed by atoms with E-state index in [0.717, 1.165) is 32.1 Å². The Morgan fingerprint density at radius 1 is 1.21 bits per heavy atom. The SMILES string of the molecule is O=C(O)CO[C@H]1CC[C@H](CCNS(=O)(=O)c2ccc(Cl)cc2)CC1. The van der Waals surface area contributed by atoms with Gasteiger partial charge in [0.05, 0.1) is 11.0 Å². The average Bonchev–Trinajstić information content (AvgIpc) is 2.54. The van der Waals surface area contributed by atoms with Crippen LogP contribution in [0.3, 0.4) is 0 Å². The van der Waals surface area contributed by atoms with Crippen molar-refractivity contribution < 1.29 is 23.1 Å². The molecule has 24 heavy (non-hydrogen) atoms. The number of aliphatic carboxylic acids is 1. The number of carbonyl (C=O) groups is 1. The van der Waals surface area contributed by atoms with Gasteiger partial charge in [0.15, 0.2) is 0 Å². The lowest BCUT2D eigenvalue weighted by Gasteiger charge is -2.28. The van der Waals surface area contributed by atoms with Crippen LogP contribution in [0.4, 0.5) is 0 Å². The van der Waals surface area contributed by atoms with Crippen molar-refractivity contribution in [1.82, 2.24) is 4.72 Å². The molecule has 0 heterocycles. The molecule has 0 bridgehead atoms. The van der Waals surface area contributed by atoms with Crippen LogP contribution in [0.5, 0.6) is 0 Å². The maximum absolute atomic E-state index is 12.2. The summed E-state index contributed by atoms with van der Waals surface area (Å²) in [6, 6.07) is 6.06. The zero-order valence-electron chi connectivity index (χ0n) is 13.3. The van der Waals surface area contributed by atoms with E-state index in [0.29, 0.717) is 17.5 Å². The van der Waals surface area contributed by atoms with Crippen molar-refractivity contribution >= 4 is 27.6 Å². The van der Waals surface area contributed by atoms with Crippen molar-refractivity contribution in [3.63, 3.8) is 0 Å². The van der Waals surface area contributed by atoms with E-state index < -0.39 is 16.0 Å². The summed E-state index contributed by atoms with van der Waals surface area (Å²) in [4.78, 5) is 10.7. The van der Waals surface area contributed by atoms with Gasteiger partial charge in [-0.2, -0.15) is 0 Å². The Morgan fingerprint density at radius 3 is 2.42 bits per heavy atom. The third-order valence-corrected chi connectivity index (χ3v) is 5.93. The molecule has 2 rings (SSSR count). The molecule has 6 nitrogen and oxygen atoms in total. The van der Waals surface area contributed by atoms with Crippen LogP contribution < -0.4 is 4.72 Å². The summed E-state index contributed by atoms with van der Waals surface area (Å²) in [5.74, 6) is -0.517. The van der Waals surface area contributed by atoms with Gasteiger partial charge >= 0.3 is 5.97 Å². The van der Waals surface area contributed by atoms with E-state index >= 15 is 0 Å². The molecule has 0 atom stereocenters. The molecule has 8 heteroatoms. The number of hydrogen-bond donors (Lipinski definition) is 2. The molecule has 0 radical (unpaired) electrons. The highest BCUT2D eigenvalue weighted by Gasteiger charge is 2.22. The van der Waals surface area contributed by atoms with Gasteiger partial charge in [0, 0.05) is 11.6 Å². The van der Waals surface area contributed by atoms with Gasteiger partial charge in [-0.15, -0.1) is 0 Å². The first-order chi connectivity index (χ1) is 11.4. The van der Waals surface area contributed by atoms with Crippen molar-refractivity contribution in [2.45, 2.75) is 43.1 Å². The molecular formula is C16H22ClNO5S. The van der Waals surface area contributed by atoms with Crippen LogP contribution in [0.25, 0.3) is 0 Å². The molecule has 0 aromatic heterocycles. The Morgan fingerprint density at radius 2 is 1.83 bits per heavy atom. The molecular weight excluding hydrogens is 354 g/mol. The monoisotopic (exact) mass is 375 g/mol. The number of benzene rings is 1. The summed E-state index contributed by atoms with van der Waals surface area (Å²) < 4.78 is 32.2. The van der Waals surface area contributed by atoms with Crippen LogP contribution in [-0.2, 0) is 19.6 Å². The smallest absolute Gasteiger partial charge is 0.329 e. The van der Waals surface area contributed by atoms with Gasteiger partial charge in [-0.05, 0) is 62.3 Å². The molecule has 0 unspecified atom stereocenters. The van der Waals surface area contributed by atoms with Crippen LogP contribution >= 0.6 is 11.6 Å². The van der Waals surface area contributed by atoms with Crippen LogP contribution in [0.2, 0.25) is 5.02 Å². The summed E-state index contributed by atoms with van der Waals surface area (Å²) in [5, 5.41) is 9.10. The van der Waals surface area contributed by atoms with E-state index in [-0.39, 0.29) is 17.6 Å². The zero-order chi connectivity index (χ0) is 17.6. The van der Waals surface area contributed by atoms with E-state index in [1.807, 2.05) is 0 Å². The Kier molecular flexibility index (Phi) is 7.03. The predicted molar refractivity (Wildman–Crippen MR) is 90.6 cm³/mol. The first-order valence-electron chi connectivity index (χ1n) is 7.95. The quantitative estimate of drug-likeness (QED) is 0.728. The number of hydrogen-bond acceptors (Lipinski definition) is 4. The van der Waals surface area contributed by atoms with Gasteiger partial charge in [0.2, 0.25) is 10.0 Å². The number of halogens is 1. The number of sulfonamides is 1. The molecule has 1 fully saturated rings. The number of carboxylic acids is 1. The fourth-order valence-corrected chi connectivity index (χ4v) is 4.04. The molecule has 1 aliphatic carbocycles. The van der Waals surface area contributed by atoms with Crippen molar-refractivity contribution in [1.29, 1.82) is 0 Å². The largest absolute Gasteiger partial charge is 0.480 e. The van der Waals surface area contributed by atoms with Crippen molar-refractivity contribution in [3.05, 3.63) is 29.3 Å². The number of rotatable bonds is 8. The Labute approximate surface area is 147 Å². The number of ether oxygens (including phenoxy) is 1. The van der Waals surface area contributed by atoms with Gasteiger partial charge < -0.3 is 9.84 Å². The first kappa shape index (κ1) is 19.2. The molecule has 0 saturated heterocycles. The minimum Gasteiger partial charge on any atom is -0.480 e. The third-order valence-electron chi connectivity index (χ3n) is 4.20. The van der Waals surface area contributed by atoms with Crippen LogP contribution in [0.1, 0.15) is 32.1 Å². The second-order valence-electron chi connectivity index (χ2n) is 5.99. The molecule has 134 valence electrons. The molecule has 0 amide bonds. The molecule has 1 saturated carbocycles. The molecule has 1 aromatic rings.